The second-order valence-corrected chi connectivity index (χ2v) is 3.76. The molecule has 0 saturated heterocycles. The summed E-state index contributed by atoms with van der Waals surface area (Å²) in [6, 6.07) is 0. The maximum atomic E-state index is 11.8. The van der Waals surface area contributed by atoms with Crippen molar-refractivity contribution in [2.24, 2.45) is 5.41 Å². The lowest BCUT2D eigenvalue weighted by molar-refractivity contribution is -0.169. The molecule has 5 nitrogen and oxygen atoms in total. The van der Waals surface area contributed by atoms with Gasteiger partial charge >= 0.3 is 11.9 Å². The maximum absolute atomic E-state index is 11.8. The minimum absolute atomic E-state index is 0.194. The van der Waals surface area contributed by atoms with Crippen molar-refractivity contribution in [2.45, 2.75) is 40.0 Å². The monoisotopic (exact) mass is 246 g/mol. The lowest BCUT2D eigenvalue weighted by Gasteiger charge is -2.25. The van der Waals surface area contributed by atoms with Gasteiger partial charge in [-0.1, -0.05) is 6.92 Å². The number of carbonyl (C=O) groups excluding carboxylic acids is 1. The quantitative estimate of drug-likeness (QED) is 0.382. The summed E-state index contributed by atoms with van der Waals surface area (Å²) < 4.78 is 10.0. The van der Waals surface area contributed by atoms with E-state index in [1.54, 1.807) is 13.8 Å². The Hall–Kier alpha value is -1.10. The Labute approximate surface area is 102 Å². The summed E-state index contributed by atoms with van der Waals surface area (Å²) in [4.78, 5) is 23.0. The molecule has 0 radical (unpaired) electrons. The van der Waals surface area contributed by atoms with Crippen LogP contribution in [0.2, 0.25) is 0 Å². The highest BCUT2D eigenvalue weighted by Gasteiger charge is 2.45. The Morgan fingerprint density at radius 1 is 1.18 bits per heavy atom. The van der Waals surface area contributed by atoms with Crippen LogP contribution < -0.4 is 0 Å². The number of ether oxygens (including phenoxy) is 2. The Bertz CT molecular complexity index is 251. The second kappa shape index (κ2) is 8.06. The summed E-state index contributed by atoms with van der Waals surface area (Å²) >= 11 is 0. The normalized spacial score (nSPS) is 14.1. The second-order valence-electron chi connectivity index (χ2n) is 3.76. The van der Waals surface area contributed by atoms with Gasteiger partial charge in [0.25, 0.3) is 0 Å². The van der Waals surface area contributed by atoms with Crippen LogP contribution in [0.15, 0.2) is 0 Å². The number of carbonyl (C=O) groups is 2. The topological polar surface area (TPSA) is 72.8 Å². The van der Waals surface area contributed by atoms with Crippen LogP contribution in [0, 0.1) is 5.41 Å². The van der Waals surface area contributed by atoms with Crippen LogP contribution in [0.1, 0.15) is 40.0 Å². The van der Waals surface area contributed by atoms with Crippen molar-refractivity contribution in [3.05, 3.63) is 0 Å². The third kappa shape index (κ3) is 4.34. The summed E-state index contributed by atoms with van der Waals surface area (Å²) in [6.45, 7) is 6.47. The van der Waals surface area contributed by atoms with Crippen molar-refractivity contribution in [1.82, 2.24) is 0 Å². The number of hydrogen-bond acceptors (Lipinski definition) is 4. The molecule has 0 heterocycles. The van der Waals surface area contributed by atoms with Crippen molar-refractivity contribution in [1.29, 1.82) is 0 Å². The van der Waals surface area contributed by atoms with Gasteiger partial charge in [-0.25, -0.2) is 0 Å². The van der Waals surface area contributed by atoms with Crippen LogP contribution in [0.4, 0.5) is 0 Å². The van der Waals surface area contributed by atoms with E-state index in [1.807, 2.05) is 6.92 Å². The summed E-state index contributed by atoms with van der Waals surface area (Å²) in [7, 11) is 0. The van der Waals surface area contributed by atoms with E-state index < -0.39 is 17.4 Å². The summed E-state index contributed by atoms with van der Waals surface area (Å²) in [6.07, 6.45) is 1.01. The van der Waals surface area contributed by atoms with Crippen LogP contribution in [0.5, 0.6) is 0 Å². The van der Waals surface area contributed by atoms with E-state index in [1.165, 1.54) is 0 Å². The third-order valence-electron chi connectivity index (χ3n) is 2.78. The molecule has 0 saturated carbocycles. The highest BCUT2D eigenvalue weighted by molar-refractivity contribution is 5.99. The van der Waals surface area contributed by atoms with E-state index in [0.29, 0.717) is 19.6 Å². The smallest absolute Gasteiger partial charge is 0.323 e. The van der Waals surface area contributed by atoms with Gasteiger partial charge < -0.3 is 14.6 Å². The molecule has 0 rings (SSSR count). The van der Waals surface area contributed by atoms with Gasteiger partial charge in [-0.2, -0.15) is 0 Å². The summed E-state index contributed by atoms with van der Waals surface area (Å²) in [5, 5.41) is 9.24. The standard InChI is InChI=1S/C12H22O5/c1-4-12(10(13)14,11(15)17-6-3)8-7-9-16-5-2/h4-9H2,1-3H3,(H,13,14). The van der Waals surface area contributed by atoms with Crippen molar-refractivity contribution in [3.63, 3.8) is 0 Å². The molecule has 17 heavy (non-hydrogen) atoms. The average Bonchev–Trinajstić information content (AvgIpc) is 2.29. The molecule has 5 heteroatoms. The van der Waals surface area contributed by atoms with Gasteiger partial charge in [0, 0.05) is 13.2 Å². The molecule has 1 unspecified atom stereocenters. The van der Waals surface area contributed by atoms with Crippen molar-refractivity contribution in [3.8, 4) is 0 Å². The first-order valence-corrected chi connectivity index (χ1v) is 6.03. The van der Waals surface area contributed by atoms with Gasteiger partial charge in [0.1, 0.15) is 0 Å². The minimum atomic E-state index is -1.42. The number of carboxylic acids is 1. The molecule has 0 aliphatic carbocycles. The number of rotatable bonds is 9. The number of hydrogen-bond donors (Lipinski definition) is 1. The number of carboxylic acid groups (broad SMARTS) is 1. The van der Waals surface area contributed by atoms with Gasteiger partial charge in [-0.05, 0) is 33.1 Å². The predicted octanol–water partition coefficient (Wildman–Crippen LogP) is 1.85. The van der Waals surface area contributed by atoms with Gasteiger partial charge in [-0.3, -0.25) is 9.59 Å². The molecule has 0 fully saturated rings. The van der Waals surface area contributed by atoms with Crippen molar-refractivity contribution >= 4 is 11.9 Å². The van der Waals surface area contributed by atoms with Crippen LogP contribution in [-0.4, -0.2) is 36.9 Å². The highest BCUT2D eigenvalue weighted by Crippen LogP contribution is 2.30. The van der Waals surface area contributed by atoms with Gasteiger partial charge in [0.05, 0.1) is 6.61 Å². The maximum Gasteiger partial charge on any atom is 0.323 e. The summed E-state index contributed by atoms with van der Waals surface area (Å²) in [5.41, 5.74) is -1.42. The molecule has 1 atom stereocenters. The van der Waals surface area contributed by atoms with E-state index in [0.717, 1.165) is 0 Å². The van der Waals surface area contributed by atoms with E-state index in [9.17, 15) is 14.7 Å². The predicted molar refractivity (Wildman–Crippen MR) is 62.7 cm³/mol. The van der Waals surface area contributed by atoms with E-state index in [4.69, 9.17) is 9.47 Å². The number of aliphatic carboxylic acids is 1. The largest absolute Gasteiger partial charge is 0.480 e. The zero-order valence-corrected chi connectivity index (χ0v) is 10.8. The van der Waals surface area contributed by atoms with Crippen LogP contribution in [0.25, 0.3) is 0 Å². The molecule has 100 valence electrons. The van der Waals surface area contributed by atoms with E-state index in [2.05, 4.69) is 0 Å². The zero-order valence-electron chi connectivity index (χ0n) is 10.8. The molecule has 1 N–H and O–H groups in total. The molecule has 0 aliphatic rings. The van der Waals surface area contributed by atoms with Crippen LogP contribution in [-0.2, 0) is 19.1 Å². The average molecular weight is 246 g/mol. The van der Waals surface area contributed by atoms with E-state index >= 15 is 0 Å². The fourth-order valence-corrected chi connectivity index (χ4v) is 1.66. The first-order chi connectivity index (χ1) is 8.05. The van der Waals surface area contributed by atoms with Crippen LogP contribution in [0.3, 0.4) is 0 Å². The fourth-order valence-electron chi connectivity index (χ4n) is 1.66. The van der Waals surface area contributed by atoms with Crippen molar-refractivity contribution < 1.29 is 24.2 Å². The Kier molecular flexibility index (Phi) is 7.54. The zero-order chi connectivity index (χ0) is 13.3. The Morgan fingerprint density at radius 2 is 1.82 bits per heavy atom. The van der Waals surface area contributed by atoms with Gasteiger partial charge in [0.2, 0.25) is 0 Å². The Morgan fingerprint density at radius 3 is 2.24 bits per heavy atom. The van der Waals surface area contributed by atoms with Crippen molar-refractivity contribution in [2.75, 3.05) is 19.8 Å². The molecule has 0 bridgehead atoms. The fraction of sp³-hybridized carbons (Fsp3) is 0.833. The highest BCUT2D eigenvalue weighted by atomic mass is 16.5. The minimum Gasteiger partial charge on any atom is -0.480 e. The first kappa shape index (κ1) is 15.9. The molecule has 0 aromatic rings. The third-order valence-corrected chi connectivity index (χ3v) is 2.78. The molecule has 0 amide bonds. The molecular formula is C12H22O5. The molecule has 0 aromatic heterocycles. The molecule has 0 spiro atoms. The van der Waals surface area contributed by atoms with Crippen LogP contribution >= 0.6 is 0 Å². The summed E-state index contributed by atoms with van der Waals surface area (Å²) in [5.74, 6) is -1.76. The number of esters is 1. The molecular weight excluding hydrogens is 224 g/mol. The Balaban J connectivity index is 4.59. The van der Waals surface area contributed by atoms with Gasteiger partial charge in [-0.15, -0.1) is 0 Å². The molecule has 0 aliphatic heterocycles. The van der Waals surface area contributed by atoms with E-state index in [-0.39, 0.29) is 19.4 Å². The molecule has 0 aromatic carbocycles. The van der Waals surface area contributed by atoms with Gasteiger partial charge in [0.15, 0.2) is 5.41 Å². The first-order valence-electron chi connectivity index (χ1n) is 6.03. The lowest BCUT2D eigenvalue weighted by atomic mass is 9.80. The SMILES string of the molecule is CCOCCCC(CC)(C(=O)O)C(=O)OCC. The lowest BCUT2D eigenvalue weighted by Crippen LogP contribution is -2.40.